The lowest BCUT2D eigenvalue weighted by atomic mass is 10.2. The zero-order chi connectivity index (χ0) is 15.3. The highest BCUT2D eigenvalue weighted by molar-refractivity contribution is 7.20. The molecule has 0 radical (unpaired) electrons. The fraction of sp³-hybridized carbons (Fsp3) is 0.0625. The minimum Gasteiger partial charge on any atom is -0.268 e. The van der Waals surface area contributed by atoms with E-state index in [1.807, 2.05) is 24.3 Å². The Labute approximate surface area is 134 Å². The third-order valence-electron chi connectivity index (χ3n) is 3.47. The molecule has 2 aromatic carbocycles. The molecule has 0 N–H and O–H groups in total. The second-order valence-corrected chi connectivity index (χ2v) is 6.37. The Bertz CT molecular complexity index is 1050. The van der Waals surface area contributed by atoms with Gasteiger partial charge in [0.2, 0.25) is 0 Å². The Balaban J connectivity index is 2.06. The van der Waals surface area contributed by atoms with Crippen molar-refractivity contribution in [3.8, 4) is 5.13 Å². The molecule has 0 unspecified atom stereocenters. The number of aromatic nitrogens is 3. The first-order chi connectivity index (χ1) is 10.6. The Morgan fingerprint density at radius 2 is 1.91 bits per heavy atom. The molecule has 108 valence electrons. The van der Waals surface area contributed by atoms with Gasteiger partial charge in [0, 0.05) is 5.02 Å². The van der Waals surface area contributed by atoms with Crippen molar-refractivity contribution in [2.24, 2.45) is 0 Å². The van der Waals surface area contributed by atoms with Crippen molar-refractivity contribution < 1.29 is 0 Å². The molecular weight excluding hydrogens is 318 g/mol. The van der Waals surface area contributed by atoms with Crippen LogP contribution in [0.3, 0.4) is 0 Å². The highest BCUT2D eigenvalue weighted by atomic mass is 35.5. The second-order valence-electron chi connectivity index (χ2n) is 4.93. The smallest absolute Gasteiger partial charge is 0.267 e. The van der Waals surface area contributed by atoms with Crippen LogP contribution in [0.15, 0.2) is 47.3 Å². The summed E-state index contributed by atoms with van der Waals surface area (Å²) < 4.78 is 2.60. The van der Waals surface area contributed by atoms with Gasteiger partial charge in [0.1, 0.15) is 5.82 Å². The fourth-order valence-electron chi connectivity index (χ4n) is 2.45. The van der Waals surface area contributed by atoms with Crippen LogP contribution in [0.5, 0.6) is 0 Å². The predicted molar refractivity (Wildman–Crippen MR) is 90.3 cm³/mol. The van der Waals surface area contributed by atoms with Gasteiger partial charge in [-0.15, -0.1) is 0 Å². The van der Waals surface area contributed by atoms with Crippen molar-refractivity contribution in [1.29, 1.82) is 0 Å². The number of halogens is 1. The normalized spacial score (nSPS) is 11.4. The molecular formula is C16H10ClN3OS. The second kappa shape index (κ2) is 4.90. The van der Waals surface area contributed by atoms with E-state index in [1.165, 1.54) is 11.3 Å². The number of para-hydroxylation sites is 1. The molecule has 0 bridgehead atoms. The van der Waals surface area contributed by atoms with Crippen molar-refractivity contribution in [3.05, 3.63) is 63.7 Å². The molecule has 0 amide bonds. The SMILES string of the molecule is Cc1nc2cc(Cl)ccc2c(=O)n1-c1nc2ccccc2s1. The Morgan fingerprint density at radius 3 is 2.73 bits per heavy atom. The van der Waals surface area contributed by atoms with Crippen molar-refractivity contribution >= 4 is 44.1 Å². The van der Waals surface area contributed by atoms with Crippen LogP contribution in [0.4, 0.5) is 0 Å². The third kappa shape index (κ3) is 2.01. The first-order valence-electron chi connectivity index (χ1n) is 6.68. The number of rotatable bonds is 1. The lowest BCUT2D eigenvalue weighted by Crippen LogP contribution is -2.22. The minimum atomic E-state index is -0.127. The van der Waals surface area contributed by atoms with Crippen LogP contribution in [0.1, 0.15) is 5.82 Å². The van der Waals surface area contributed by atoms with Crippen LogP contribution in [-0.4, -0.2) is 14.5 Å². The zero-order valence-corrected chi connectivity index (χ0v) is 13.1. The maximum atomic E-state index is 12.8. The molecule has 0 aliphatic carbocycles. The summed E-state index contributed by atoms with van der Waals surface area (Å²) in [6.07, 6.45) is 0. The van der Waals surface area contributed by atoms with Gasteiger partial charge in [-0.05, 0) is 37.3 Å². The van der Waals surface area contributed by atoms with Crippen LogP contribution in [0.25, 0.3) is 26.3 Å². The number of fused-ring (bicyclic) bond motifs is 2. The van der Waals surface area contributed by atoms with Crippen LogP contribution in [0.2, 0.25) is 5.02 Å². The zero-order valence-electron chi connectivity index (χ0n) is 11.6. The molecule has 4 rings (SSSR count). The number of hydrogen-bond acceptors (Lipinski definition) is 4. The van der Waals surface area contributed by atoms with E-state index in [1.54, 1.807) is 29.7 Å². The summed E-state index contributed by atoms with van der Waals surface area (Å²) in [4.78, 5) is 21.8. The van der Waals surface area contributed by atoms with Gasteiger partial charge in [-0.3, -0.25) is 4.79 Å². The molecule has 2 aromatic heterocycles. The lowest BCUT2D eigenvalue weighted by Gasteiger charge is -2.07. The van der Waals surface area contributed by atoms with Gasteiger partial charge < -0.3 is 0 Å². The molecule has 0 spiro atoms. The van der Waals surface area contributed by atoms with Crippen LogP contribution in [0, 0.1) is 6.92 Å². The molecule has 22 heavy (non-hydrogen) atoms. The summed E-state index contributed by atoms with van der Waals surface area (Å²) in [7, 11) is 0. The molecule has 0 atom stereocenters. The predicted octanol–water partition coefficient (Wildman–Crippen LogP) is 3.96. The maximum absolute atomic E-state index is 12.8. The molecule has 0 aliphatic heterocycles. The molecule has 2 heterocycles. The van der Waals surface area contributed by atoms with Gasteiger partial charge >= 0.3 is 0 Å². The van der Waals surface area contributed by atoms with E-state index >= 15 is 0 Å². The molecule has 0 aliphatic rings. The van der Waals surface area contributed by atoms with Gasteiger partial charge in [-0.25, -0.2) is 14.5 Å². The van der Waals surface area contributed by atoms with E-state index in [4.69, 9.17) is 11.6 Å². The van der Waals surface area contributed by atoms with Crippen molar-refractivity contribution in [3.63, 3.8) is 0 Å². The van der Waals surface area contributed by atoms with E-state index < -0.39 is 0 Å². The van der Waals surface area contributed by atoms with E-state index in [0.29, 0.717) is 26.9 Å². The van der Waals surface area contributed by atoms with Crippen LogP contribution >= 0.6 is 22.9 Å². The summed E-state index contributed by atoms with van der Waals surface area (Å²) in [5, 5.41) is 1.74. The quantitative estimate of drug-likeness (QED) is 0.531. The summed E-state index contributed by atoms with van der Waals surface area (Å²) in [6, 6.07) is 12.9. The molecule has 6 heteroatoms. The molecule has 4 aromatic rings. The average Bonchev–Trinajstić information content (AvgIpc) is 2.90. The number of aryl methyl sites for hydroxylation is 1. The minimum absolute atomic E-state index is 0.127. The number of benzene rings is 2. The maximum Gasteiger partial charge on any atom is 0.267 e. The van der Waals surface area contributed by atoms with Gasteiger partial charge in [0.15, 0.2) is 5.13 Å². The van der Waals surface area contributed by atoms with Gasteiger partial charge in [0.05, 0.1) is 21.1 Å². The van der Waals surface area contributed by atoms with E-state index in [0.717, 1.165) is 10.2 Å². The van der Waals surface area contributed by atoms with Gasteiger partial charge in [-0.1, -0.05) is 35.1 Å². The van der Waals surface area contributed by atoms with Crippen LogP contribution in [-0.2, 0) is 0 Å². The summed E-state index contributed by atoms with van der Waals surface area (Å²) >= 11 is 7.45. The monoisotopic (exact) mass is 327 g/mol. The summed E-state index contributed by atoms with van der Waals surface area (Å²) in [6.45, 7) is 1.80. The Kier molecular flexibility index (Phi) is 2.99. The molecule has 0 fully saturated rings. The number of hydrogen-bond donors (Lipinski definition) is 0. The highest BCUT2D eigenvalue weighted by Crippen LogP contribution is 2.25. The molecule has 0 saturated heterocycles. The van der Waals surface area contributed by atoms with E-state index in [9.17, 15) is 4.79 Å². The summed E-state index contributed by atoms with van der Waals surface area (Å²) in [5.74, 6) is 0.596. The fourth-order valence-corrected chi connectivity index (χ4v) is 3.63. The number of nitrogens with zero attached hydrogens (tertiary/aromatic N) is 3. The first kappa shape index (κ1) is 13.4. The van der Waals surface area contributed by atoms with E-state index in [2.05, 4.69) is 9.97 Å². The summed E-state index contributed by atoms with van der Waals surface area (Å²) in [5.41, 5.74) is 1.36. The Morgan fingerprint density at radius 1 is 1.09 bits per heavy atom. The van der Waals surface area contributed by atoms with Crippen molar-refractivity contribution in [1.82, 2.24) is 14.5 Å². The standard InChI is InChI=1S/C16H10ClN3OS/c1-9-18-13-8-10(17)6-7-11(13)15(21)20(9)16-19-12-4-2-3-5-14(12)22-16/h2-8H,1H3. The first-order valence-corrected chi connectivity index (χ1v) is 7.88. The Hall–Kier alpha value is -2.24. The molecule has 4 nitrogen and oxygen atoms in total. The van der Waals surface area contributed by atoms with Gasteiger partial charge in [0.25, 0.3) is 5.56 Å². The largest absolute Gasteiger partial charge is 0.268 e. The lowest BCUT2D eigenvalue weighted by molar-refractivity contribution is 0.888. The molecule has 0 saturated carbocycles. The van der Waals surface area contributed by atoms with Crippen molar-refractivity contribution in [2.45, 2.75) is 6.92 Å². The number of thiazole rings is 1. The topological polar surface area (TPSA) is 47.8 Å². The van der Waals surface area contributed by atoms with E-state index in [-0.39, 0.29) is 5.56 Å². The highest BCUT2D eigenvalue weighted by Gasteiger charge is 2.13. The van der Waals surface area contributed by atoms with Crippen molar-refractivity contribution in [2.75, 3.05) is 0 Å². The van der Waals surface area contributed by atoms with Gasteiger partial charge in [-0.2, -0.15) is 0 Å². The third-order valence-corrected chi connectivity index (χ3v) is 4.73. The average molecular weight is 328 g/mol. The van der Waals surface area contributed by atoms with Crippen LogP contribution < -0.4 is 5.56 Å².